The summed E-state index contributed by atoms with van der Waals surface area (Å²) in [5.74, 6) is 0.455. The van der Waals surface area contributed by atoms with Gasteiger partial charge in [0.05, 0.1) is 5.02 Å². The summed E-state index contributed by atoms with van der Waals surface area (Å²) < 4.78 is 5.40. The van der Waals surface area contributed by atoms with Gasteiger partial charge in [-0.2, -0.15) is 0 Å². The Hall–Kier alpha value is -1.91. The van der Waals surface area contributed by atoms with E-state index in [4.69, 9.17) is 27.9 Å². The molecule has 2 N–H and O–H groups in total. The van der Waals surface area contributed by atoms with Crippen LogP contribution < -0.4 is 15.4 Å². The maximum atomic E-state index is 11.9. The number of urea groups is 1. The second kappa shape index (κ2) is 7.77. The lowest BCUT2D eigenvalue weighted by Crippen LogP contribution is -2.32. The molecule has 0 fully saturated rings. The molecular formula is C18H20Cl2N2O2. The fourth-order valence-electron chi connectivity index (χ4n) is 2.00. The molecule has 2 aromatic rings. The Bertz CT molecular complexity index is 710. The number of benzene rings is 2. The minimum absolute atomic E-state index is 0.00669. The molecule has 4 nitrogen and oxygen atoms in total. The highest BCUT2D eigenvalue weighted by Crippen LogP contribution is 2.27. The van der Waals surface area contributed by atoms with Crippen LogP contribution in [-0.2, 0) is 5.41 Å². The maximum Gasteiger partial charge on any atom is 0.321 e. The molecule has 0 radical (unpaired) electrons. The summed E-state index contributed by atoms with van der Waals surface area (Å²) in [6.07, 6.45) is 0. The van der Waals surface area contributed by atoms with E-state index in [0.717, 1.165) is 0 Å². The van der Waals surface area contributed by atoms with E-state index in [2.05, 4.69) is 31.4 Å². The lowest BCUT2D eigenvalue weighted by atomic mass is 9.87. The molecule has 2 aromatic carbocycles. The molecule has 0 heterocycles. The zero-order valence-corrected chi connectivity index (χ0v) is 15.3. The highest BCUT2D eigenvalue weighted by atomic mass is 35.5. The van der Waals surface area contributed by atoms with Crippen molar-refractivity contribution in [1.82, 2.24) is 5.32 Å². The van der Waals surface area contributed by atoms with Gasteiger partial charge in [0, 0.05) is 10.7 Å². The minimum atomic E-state index is -0.358. The lowest BCUT2D eigenvalue weighted by Gasteiger charge is -2.19. The smallest absolute Gasteiger partial charge is 0.321 e. The second-order valence-electron chi connectivity index (χ2n) is 6.32. The average molecular weight is 367 g/mol. The van der Waals surface area contributed by atoms with E-state index < -0.39 is 0 Å². The zero-order chi connectivity index (χ0) is 17.7. The van der Waals surface area contributed by atoms with E-state index in [1.165, 1.54) is 5.56 Å². The molecule has 0 bridgehead atoms. The Morgan fingerprint density at radius 2 is 1.75 bits per heavy atom. The number of amides is 2. The predicted octanol–water partition coefficient (Wildman–Crippen LogP) is 5.45. The van der Waals surface area contributed by atoms with E-state index in [1.807, 2.05) is 24.3 Å². The van der Waals surface area contributed by atoms with Crippen molar-refractivity contribution in [3.8, 4) is 5.75 Å². The van der Waals surface area contributed by atoms with Crippen molar-refractivity contribution >= 4 is 34.9 Å². The van der Waals surface area contributed by atoms with Crippen LogP contribution in [0, 0.1) is 0 Å². The third-order valence-corrected chi connectivity index (χ3v) is 3.89. The Labute approximate surface area is 152 Å². The van der Waals surface area contributed by atoms with Crippen molar-refractivity contribution in [2.45, 2.75) is 26.2 Å². The van der Waals surface area contributed by atoms with Crippen LogP contribution in [0.4, 0.5) is 10.5 Å². The molecular weight excluding hydrogens is 347 g/mol. The lowest BCUT2D eigenvalue weighted by molar-refractivity contribution is 0.234. The van der Waals surface area contributed by atoms with E-state index >= 15 is 0 Å². The fourth-order valence-corrected chi connectivity index (χ4v) is 2.46. The molecule has 128 valence electrons. The molecule has 0 saturated heterocycles. The van der Waals surface area contributed by atoms with Crippen molar-refractivity contribution in [3.05, 3.63) is 58.1 Å². The number of carbonyl (C=O) groups excluding carboxylic acids is 1. The van der Waals surface area contributed by atoms with Gasteiger partial charge in [-0.25, -0.2) is 4.79 Å². The third kappa shape index (κ3) is 5.32. The highest BCUT2D eigenvalue weighted by Gasteiger charge is 2.13. The SMILES string of the molecule is CC(C)(C)c1ccc(NC(=O)NCOc2ccc(Cl)cc2Cl)cc1. The van der Waals surface area contributed by atoms with Crippen LogP contribution in [0.3, 0.4) is 0 Å². The second-order valence-corrected chi connectivity index (χ2v) is 7.17. The van der Waals surface area contributed by atoms with Gasteiger partial charge >= 0.3 is 6.03 Å². The molecule has 0 unspecified atom stereocenters. The zero-order valence-electron chi connectivity index (χ0n) is 13.8. The van der Waals surface area contributed by atoms with Crippen LogP contribution in [0.25, 0.3) is 0 Å². The number of hydrogen-bond donors (Lipinski definition) is 2. The van der Waals surface area contributed by atoms with Gasteiger partial charge in [-0.3, -0.25) is 0 Å². The molecule has 0 aliphatic heterocycles. The molecule has 0 aromatic heterocycles. The van der Waals surface area contributed by atoms with E-state index in [-0.39, 0.29) is 18.2 Å². The van der Waals surface area contributed by atoms with Crippen molar-refractivity contribution in [3.63, 3.8) is 0 Å². The van der Waals surface area contributed by atoms with Crippen LogP contribution in [0.2, 0.25) is 10.0 Å². The number of rotatable bonds is 4. The normalized spacial score (nSPS) is 11.0. The molecule has 2 amide bonds. The van der Waals surface area contributed by atoms with Crippen LogP contribution in [0.15, 0.2) is 42.5 Å². The summed E-state index contributed by atoms with van der Waals surface area (Å²) in [5, 5.41) is 6.26. The fraction of sp³-hybridized carbons (Fsp3) is 0.278. The van der Waals surface area contributed by atoms with Gasteiger partial charge in [-0.15, -0.1) is 0 Å². The van der Waals surface area contributed by atoms with E-state index in [1.54, 1.807) is 18.2 Å². The van der Waals surface area contributed by atoms with Gasteiger partial charge in [0.1, 0.15) is 5.75 Å². The number of anilines is 1. The van der Waals surface area contributed by atoms with Gasteiger partial charge in [0.15, 0.2) is 6.73 Å². The molecule has 2 rings (SSSR count). The summed E-state index contributed by atoms with van der Waals surface area (Å²) in [6.45, 7) is 6.41. The summed E-state index contributed by atoms with van der Waals surface area (Å²) in [4.78, 5) is 11.9. The Morgan fingerprint density at radius 3 is 2.33 bits per heavy atom. The van der Waals surface area contributed by atoms with Crippen LogP contribution in [0.1, 0.15) is 26.3 Å². The molecule has 0 aliphatic carbocycles. The molecule has 6 heteroatoms. The monoisotopic (exact) mass is 366 g/mol. The van der Waals surface area contributed by atoms with E-state index in [9.17, 15) is 4.79 Å². The van der Waals surface area contributed by atoms with Crippen LogP contribution in [0.5, 0.6) is 5.75 Å². The van der Waals surface area contributed by atoms with Crippen molar-refractivity contribution < 1.29 is 9.53 Å². The molecule has 24 heavy (non-hydrogen) atoms. The van der Waals surface area contributed by atoms with Gasteiger partial charge in [-0.05, 0) is 41.3 Å². The predicted molar refractivity (Wildman–Crippen MR) is 99.3 cm³/mol. The minimum Gasteiger partial charge on any atom is -0.472 e. The Kier molecular flexibility index (Phi) is 5.97. The van der Waals surface area contributed by atoms with Gasteiger partial charge in [0.2, 0.25) is 0 Å². The first kappa shape index (κ1) is 18.4. The standard InChI is InChI=1S/C18H20Cl2N2O2/c1-18(2,3)12-4-7-14(8-5-12)22-17(23)21-11-24-16-9-6-13(19)10-15(16)20/h4-10H,11H2,1-3H3,(H2,21,22,23). The largest absolute Gasteiger partial charge is 0.472 e. The average Bonchev–Trinajstić information content (AvgIpc) is 2.49. The maximum absolute atomic E-state index is 11.9. The Morgan fingerprint density at radius 1 is 1.08 bits per heavy atom. The summed E-state index contributed by atoms with van der Waals surface area (Å²) in [5.41, 5.74) is 1.99. The quantitative estimate of drug-likeness (QED) is 0.706. The molecule has 0 saturated carbocycles. The number of halogens is 2. The number of hydrogen-bond acceptors (Lipinski definition) is 2. The summed E-state index contributed by atoms with van der Waals surface area (Å²) >= 11 is 11.8. The van der Waals surface area contributed by atoms with Gasteiger partial charge in [-0.1, -0.05) is 56.1 Å². The van der Waals surface area contributed by atoms with E-state index in [0.29, 0.717) is 21.5 Å². The first-order chi connectivity index (χ1) is 11.3. The summed E-state index contributed by atoms with van der Waals surface area (Å²) in [6, 6.07) is 12.3. The molecule has 0 spiro atoms. The first-order valence-electron chi connectivity index (χ1n) is 7.49. The molecule has 0 aliphatic rings. The van der Waals surface area contributed by atoms with Crippen molar-refractivity contribution in [2.75, 3.05) is 12.0 Å². The number of nitrogens with one attached hydrogen (secondary N) is 2. The number of carbonyl (C=O) groups is 1. The van der Waals surface area contributed by atoms with Gasteiger partial charge < -0.3 is 15.4 Å². The third-order valence-electron chi connectivity index (χ3n) is 3.36. The molecule has 0 atom stereocenters. The first-order valence-corrected chi connectivity index (χ1v) is 8.24. The summed E-state index contributed by atoms with van der Waals surface area (Å²) in [7, 11) is 0. The van der Waals surface area contributed by atoms with Crippen molar-refractivity contribution in [1.29, 1.82) is 0 Å². The van der Waals surface area contributed by atoms with Gasteiger partial charge in [0.25, 0.3) is 0 Å². The number of ether oxygens (including phenoxy) is 1. The highest BCUT2D eigenvalue weighted by molar-refractivity contribution is 6.35. The van der Waals surface area contributed by atoms with Crippen LogP contribution in [-0.4, -0.2) is 12.8 Å². The van der Waals surface area contributed by atoms with Crippen molar-refractivity contribution in [2.24, 2.45) is 0 Å². The topological polar surface area (TPSA) is 50.4 Å². The van der Waals surface area contributed by atoms with Crippen LogP contribution >= 0.6 is 23.2 Å². The Balaban J connectivity index is 1.83.